The number of hydrogen-bond donors (Lipinski definition) is 1. The van der Waals surface area contributed by atoms with Crippen LogP contribution in [0.25, 0.3) is 0 Å². The Bertz CT molecular complexity index is 324. The van der Waals surface area contributed by atoms with Crippen LogP contribution < -0.4 is 5.32 Å². The second-order valence-corrected chi connectivity index (χ2v) is 4.95. The molecule has 0 aliphatic carbocycles. The lowest BCUT2D eigenvalue weighted by Gasteiger charge is -2.27. The van der Waals surface area contributed by atoms with Gasteiger partial charge in [-0.05, 0) is 44.2 Å². The van der Waals surface area contributed by atoms with Crippen molar-refractivity contribution >= 4 is 0 Å². The van der Waals surface area contributed by atoms with Gasteiger partial charge in [0, 0.05) is 18.3 Å². The Morgan fingerprint density at radius 2 is 2.38 bits per heavy atom. The lowest BCUT2D eigenvalue weighted by atomic mass is 9.88. The van der Waals surface area contributed by atoms with Gasteiger partial charge in [-0.3, -0.25) is 4.68 Å². The Kier molecular flexibility index (Phi) is 3.64. The molecule has 1 fully saturated rings. The number of rotatable bonds is 5. The molecule has 1 unspecified atom stereocenters. The molecule has 3 nitrogen and oxygen atoms in total. The minimum Gasteiger partial charge on any atom is -0.311 e. The molecule has 1 aliphatic heterocycles. The van der Waals surface area contributed by atoms with Crippen molar-refractivity contribution < 1.29 is 0 Å². The predicted octanol–water partition coefficient (Wildman–Crippen LogP) is 2.37. The van der Waals surface area contributed by atoms with E-state index in [0.29, 0.717) is 5.54 Å². The highest BCUT2D eigenvalue weighted by molar-refractivity contribution is 5.11. The number of nitrogens with one attached hydrogen (secondary N) is 1. The van der Waals surface area contributed by atoms with Crippen molar-refractivity contribution in [3.8, 4) is 0 Å². The smallest absolute Gasteiger partial charge is 0.0522 e. The topological polar surface area (TPSA) is 29.9 Å². The summed E-state index contributed by atoms with van der Waals surface area (Å²) in [4.78, 5) is 0. The van der Waals surface area contributed by atoms with Gasteiger partial charge >= 0.3 is 0 Å². The molecule has 0 spiro atoms. The van der Waals surface area contributed by atoms with E-state index in [1.54, 1.807) is 0 Å². The molecule has 0 saturated carbocycles. The largest absolute Gasteiger partial charge is 0.311 e. The van der Waals surface area contributed by atoms with Crippen molar-refractivity contribution in [1.29, 1.82) is 0 Å². The molecule has 1 aromatic rings. The van der Waals surface area contributed by atoms with E-state index in [2.05, 4.69) is 35.1 Å². The third-order valence-electron chi connectivity index (χ3n) is 3.69. The summed E-state index contributed by atoms with van der Waals surface area (Å²) in [5.41, 5.74) is 1.73. The Morgan fingerprint density at radius 1 is 1.50 bits per heavy atom. The molecule has 1 aromatic heterocycles. The maximum absolute atomic E-state index is 4.40. The average Bonchev–Trinajstić information content (AvgIpc) is 2.90. The van der Waals surface area contributed by atoms with Crippen molar-refractivity contribution in [3.63, 3.8) is 0 Å². The van der Waals surface area contributed by atoms with Gasteiger partial charge in [-0.2, -0.15) is 5.10 Å². The Balaban J connectivity index is 2.01. The molecule has 1 atom stereocenters. The van der Waals surface area contributed by atoms with E-state index in [4.69, 9.17) is 0 Å². The summed E-state index contributed by atoms with van der Waals surface area (Å²) >= 11 is 0. The van der Waals surface area contributed by atoms with Crippen LogP contribution in [0.2, 0.25) is 0 Å². The molecular formula is C13H23N3. The molecule has 2 heterocycles. The van der Waals surface area contributed by atoms with Crippen molar-refractivity contribution in [2.24, 2.45) is 0 Å². The summed E-state index contributed by atoms with van der Waals surface area (Å²) in [5.74, 6) is 0. The van der Waals surface area contributed by atoms with E-state index in [9.17, 15) is 0 Å². The minimum absolute atomic E-state index is 0.347. The first-order chi connectivity index (χ1) is 7.78. The summed E-state index contributed by atoms with van der Waals surface area (Å²) in [6.07, 6.45) is 10.4. The lowest BCUT2D eigenvalue weighted by molar-refractivity contribution is 0.360. The number of aryl methyl sites for hydroxylation is 1. The second-order valence-electron chi connectivity index (χ2n) is 4.95. The molecule has 0 bridgehead atoms. The fourth-order valence-electron chi connectivity index (χ4n) is 2.69. The summed E-state index contributed by atoms with van der Waals surface area (Å²) < 4.78 is 2.06. The summed E-state index contributed by atoms with van der Waals surface area (Å²) in [6, 6.07) is 0. The van der Waals surface area contributed by atoms with Gasteiger partial charge in [0.1, 0.15) is 0 Å². The van der Waals surface area contributed by atoms with Crippen LogP contribution in [0.4, 0.5) is 0 Å². The molecule has 1 aliphatic rings. The van der Waals surface area contributed by atoms with Crippen LogP contribution in [-0.4, -0.2) is 21.9 Å². The Labute approximate surface area is 98.2 Å². The van der Waals surface area contributed by atoms with Crippen LogP contribution >= 0.6 is 0 Å². The maximum atomic E-state index is 4.40. The number of aromatic nitrogens is 2. The first kappa shape index (κ1) is 11.6. The zero-order chi connectivity index (χ0) is 11.4. The van der Waals surface area contributed by atoms with Gasteiger partial charge in [-0.25, -0.2) is 0 Å². The zero-order valence-corrected chi connectivity index (χ0v) is 10.5. The van der Waals surface area contributed by atoms with Crippen molar-refractivity contribution in [1.82, 2.24) is 15.1 Å². The van der Waals surface area contributed by atoms with Gasteiger partial charge in [0.25, 0.3) is 0 Å². The molecule has 0 radical (unpaired) electrons. The van der Waals surface area contributed by atoms with E-state index in [1.807, 2.05) is 6.20 Å². The van der Waals surface area contributed by atoms with E-state index in [0.717, 1.165) is 19.4 Å². The van der Waals surface area contributed by atoms with Gasteiger partial charge in [0.2, 0.25) is 0 Å². The molecule has 1 N–H and O–H groups in total. The first-order valence-corrected chi connectivity index (χ1v) is 6.54. The molecule has 2 rings (SSSR count). The fraction of sp³-hybridized carbons (Fsp3) is 0.769. The number of nitrogens with zero attached hydrogens (tertiary/aromatic N) is 2. The molecule has 3 heteroatoms. The lowest BCUT2D eigenvalue weighted by Crippen LogP contribution is -2.41. The molecule has 16 heavy (non-hydrogen) atoms. The second kappa shape index (κ2) is 5.00. The quantitative estimate of drug-likeness (QED) is 0.827. The van der Waals surface area contributed by atoms with Crippen molar-refractivity contribution in [3.05, 3.63) is 18.0 Å². The highest BCUT2D eigenvalue weighted by Crippen LogP contribution is 2.26. The fourth-order valence-corrected chi connectivity index (χ4v) is 2.69. The van der Waals surface area contributed by atoms with Gasteiger partial charge in [-0.15, -0.1) is 0 Å². The van der Waals surface area contributed by atoms with Crippen molar-refractivity contribution in [2.45, 2.75) is 58.0 Å². The van der Waals surface area contributed by atoms with Gasteiger partial charge in [0.05, 0.1) is 6.20 Å². The molecule has 90 valence electrons. The average molecular weight is 221 g/mol. The van der Waals surface area contributed by atoms with E-state index >= 15 is 0 Å². The van der Waals surface area contributed by atoms with Crippen LogP contribution in [0.15, 0.2) is 12.4 Å². The van der Waals surface area contributed by atoms with Crippen LogP contribution in [-0.2, 0) is 13.0 Å². The zero-order valence-electron chi connectivity index (χ0n) is 10.5. The van der Waals surface area contributed by atoms with Crippen LogP contribution in [0.3, 0.4) is 0 Å². The normalized spacial score (nSPS) is 25.1. The molecule has 0 amide bonds. The highest BCUT2D eigenvalue weighted by atomic mass is 15.3. The van der Waals surface area contributed by atoms with Gasteiger partial charge < -0.3 is 5.32 Å². The van der Waals surface area contributed by atoms with Gasteiger partial charge in [0.15, 0.2) is 0 Å². The van der Waals surface area contributed by atoms with Gasteiger partial charge in [-0.1, -0.05) is 13.8 Å². The first-order valence-electron chi connectivity index (χ1n) is 6.54. The van der Waals surface area contributed by atoms with E-state index in [-0.39, 0.29) is 0 Å². The van der Waals surface area contributed by atoms with Crippen LogP contribution in [0.5, 0.6) is 0 Å². The van der Waals surface area contributed by atoms with Crippen LogP contribution in [0, 0.1) is 0 Å². The SMILES string of the molecule is CCCn1cc(CC2(CC)CCCN2)cn1. The summed E-state index contributed by atoms with van der Waals surface area (Å²) in [5, 5.41) is 8.07. The van der Waals surface area contributed by atoms with Crippen LogP contribution in [0.1, 0.15) is 45.1 Å². The molecule has 1 saturated heterocycles. The minimum atomic E-state index is 0.347. The predicted molar refractivity (Wildman–Crippen MR) is 66.5 cm³/mol. The summed E-state index contributed by atoms with van der Waals surface area (Å²) in [6.45, 7) is 6.69. The standard InChI is InChI=1S/C13H23N3/c1-3-8-16-11-12(10-15-16)9-13(4-2)6-5-7-14-13/h10-11,14H,3-9H2,1-2H3. The molecular weight excluding hydrogens is 198 g/mol. The number of hydrogen-bond acceptors (Lipinski definition) is 2. The Morgan fingerprint density at radius 3 is 3.00 bits per heavy atom. The third kappa shape index (κ3) is 2.46. The maximum Gasteiger partial charge on any atom is 0.0522 e. The Hall–Kier alpha value is -0.830. The summed E-state index contributed by atoms with van der Waals surface area (Å²) in [7, 11) is 0. The van der Waals surface area contributed by atoms with Crippen molar-refractivity contribution in [2.75, 3.05) is 6.54 Å². The third-order valence-corrected chi connectivity index (χ3v) is 3.69. The highest BCUT2D eigenvalue weighted by Gasteiger charge is 2.31. The van der Waals surface area contributed by atoms with E-state index in [1.165, 1.54) is 31.4 Å². The van der Waals surface area contributed by atoms with E-state index < -0.39 is 0 Å². The molecule has 0 aromatic carbocycles. The monoisotopic (exact) mass is 221 g/mol.